The smallest absolute Gasteiger partial charge is 0.273 e. The lowest BCUT2D eigenvalue weighted by atomic mass is 10.1. The lowest BCUT2D eigenvalue weighted by Gasteiger charge is -2.30. The van der Waals surface area contributed by atoms with E-state index in [1.54, 1.807) is 46.7 Å². The van der Waals surface area contributed by atoms with Crippen molar-refractivity contribution >= 4 is 22.5 Å². The quantitative estimate of drug-likeness (QED) is 0.254. The molecule has 0 aliphatic heterocycles. The number of aromatic nitrogens is 2. The second-order valence-electron chi connectivity index (χ2n) is 8.90. The molecule has 0 bridgehead atoms. The van der Waals surface area contributed by atoms with Gasteiger partial charge in [-0.15, -0.1) is 0 Å². The highest BCUT2D eigenvalue weighted by Gasteiger charge is 2.28. The monoisotopic (exact) mass is 484 g/mol. The molecule has 0 aliphatic rings. The molecular formula is C28H28N4O4. The van der Waals surface area contributed by atoms with Gasteiger partial charge in [0.25, 0.3) is 17.2 Å². The van der Waals surface area contributed by atoms with Crippen LogP contribution < -0.4 is 5.56 Å². The van der Waals surface area contributed by atoms with E-state index in [0.29, 0.717) is 40.9 Å². The van der Waals surface area contributed by atoms with Crippen molar-refractivity contribution in [3.63, 3.8) is 0 Å². The van der Waals surface area contributed by atoms with Crippen molar-refractivity contribution in [2.75, 3.05) is 6.54 Å². The fourth-order valence-electron chi connectivity index (χ4n) is 4.40. The first kappa shape index (κ1) is 24.8. The lowest BCUT2D eigenvalue weighted by Crippen LogP contribution is -2.38. The molecule has 1 unspecified atom stereocenters. The third-order valence-electron chi connectivity index (χ3n) is 6.28. The largest absolute Gasteiger partial charge is 0.329 e. The summed E-state index contributed by atoms with van der Waals surface area (Å²) in [6.07, 6.45) is 0.659. The Balaban J connectivity index is 1.90. The zero-order valence-electron chi connectivity index (χ0n) is 20.8. The summed E-state index contributed by atoms with van der Waals surface area (Å²) in [4.78, 5) is 44.8. The molecule has 0 saturated carbocycles. The summed E-state index contributed by atoms with van der Waals surface area (Å²) < 4.78 is 1.56. The van der Waals surface area contributed by atoms with Crippen molar-refractivity contribution < 1.29 is 9.72 Å². The maximum Gasteiger partial charge on any atom is 0.273 e. The van der Waals surface area contributed by atoms with Crippen molar-refractivity contribution in [2.45, 2.75) is 40.2 Å². The van der Waals surface area contributed by atoms with Crippen LogP contribution in [0.5, 0.6) is 0 Å². The Morgan fingerprint density at radius 2 is 1.83 bits per heavy atom. The molecule has 0 fully saturated rings. The van der Waals surface area contributed by atoms with Crippen LogP contribution in [-0.2, 0) is 0 Å². The summed E-state index contributed by atoms with van der Waals surface area (Å²) in [5.74, 6) is 0.0679. The number of hydrogen-bond donors (Lipinski definition) is 0. The Morgan fingerprint density at radius 1 is 1.08 bits per heavy atom. The third kappa shape index (κ3) is 4.62. The minimum absolute atomic E-state index is 0.106. The molecule has 1 aromatic heterocycles. The molecule has 1 heterocycles. The first-order chi connectivity index (χ1) is 17.2. The van der Waals surface area contributed by atoms with E-state index < -0.39 is 11.0 Å². The second kappa shape index (κ2) is 10.1. The summed E-state index contributed by atoms with van der Waals surface area (Å²) in [6.45, 7) is 7.75. The number of amides is 1. The normalized spacial score (nSPS) is 11.9. The molecule has 0 radical (unpaired) electrons. The number of nitro benzene ring substituents is 1. The predicted octanol–water partition coefficient (Wildman–Crippen LogP) is 5.52. The number of carbonyl (C=O) groups is 1. The van der Waals surface area contributed by atoms with Crippen LogP contribution in [0.2, 0.25) is 0 Å². The molecule has 8 heteroatoms. The molecule has 1 atom stereocenters. The zero-order valence-corrected chi connectivity index (χ0v) is 20.8. The average molecular weight is 485 g/mol. The fraction of sp³-hybridized carbons (Fsp3) is 0.250. The minimum atomic E-state index is -0.587. The summed E-state index contributed by atoms with van der Waals surface area (Å²) in [6, 6.07) is 18.6. The molecule has 0 aliphatic carbocycles. The van der Waals surface area contributed by atoms with Crippen molar-refractivity contribution in [2.24, 2.45) is 0 Å². The van der Waals surface area contributed by atoms with Crippen LogP contribution in [0, 0.1) is 24.0 Å². The van der Waals surface area contributed by atoms with Gasteiger partial charge < -0.3 is 4.90 Å². The number of hydrogen-bond acceptors (Lipinski definition) is 5. The Kier molecular flexibility index (Phi) is 6.96. The van der Waals surface area contributed by atoms with E-state index in [9.17, 15) is 19.7 Å². The van der Waals surface area contributed by atoms with Crippen LogP contribution >= 0.6 is 0 Å². The number of nitro groups is 1. The topological polar surface area (TPSA) is 98.3 Å². The highest BCUT2D eigenvalue weighted by atomic mass is 16.6. The molecule has 0 spiro atoms. The molecule has 8 nitrogen and oxygen atoms in total. The summed E-state index contributed by atoms with van der Waals surface area (Å²) in [7, 11) is 0. The van der Waals surface area contributed by atoms with E-state index >= 15 is 0 Å². The SMILES string of the molecule is CCCN(C(=O)c1ccc(C)c([N+](=O)[O-])c1)C(C)c1nc2ccccc2c(=O)n1-c1cccc(C)c1. The van der Waals surface area contributed by atoms with Crippen LogP contribution in [0.25, 0.3) is 16.6 Å². The standard InChI is InChI=1S/C28H28N4O4/c1-5-15-30(27(33)21-14-13-19(3)25(17-21)32(35)36)20(4)26-29-24-12-7-6-11-23(24)28(34)31(26)22-10-8-9-18(2)16-22/h6-14,16-17,20H,5,15H2,1-4H3. The first-order valence-corrected chi connectivity index (χ1v) is 11.9. The van der Waals surface area contributed by atoms with Gasteiger partial charge in [0, 0.05) is 23.7 Å². The van der Waals surface area contributed by atoms with Gasteiger partial charge in [-0.3, -0.25) is 24.3 Å². The van der Waals surface area contributed by atoms with Crippen molar-refractivity contribution in [3.8, 4) is 5.69 Å². The van der Waals surface area contributed by atoms with Gasteiger partial charge in [-0.25, -0.2) is 4.98 Å². The number of carbonyl (C=O) groups excluding carboxylic acids is 1. The molecule has 4 rings (SSSR count). The maximum absolute atomic E-state index is 13.7. The van der Waals surface area contributed by atoms with E-state index in [4.69, 9.17) is 4.98 Å². The number of para-hydroxylation sites is 1. The van der Waals surface area contributed by atoms with Crippen molar-refractivity contribution in [3.05, 3.63) is 110 Å². The van der Waals surface area contributed by atoms with Gasteiger partial charge in [-0.1, -0.05) is 37.3 Å². The average Bonchev–Trinajstić information content (AvgIpc) is 2.86. The van der Waals surface area contributed by atoms with E-state index in [1.807, 2.05) is 51.1 Å². The van der Waals surface area contributed by atoms with Gasteiger partial charge in [0.15, 0.2) is 0 Å². The highest BCUT2D eigenvalue weighted by Crippen LogP contribution is 2.27. The number of aryl methyl sites for hydroxylation is 2. The van der Waals surface area contributed by atoms with E-state index in [1.165, 1.54) is 6.07 Å². The summed E-state index contributed by atoms with van der Waals surface area (Å²) >= 11 is 0. The first-order valence-electron chi connectivity index (χ1n) is 11.9. The van der Waals surface area contributed by atoms with Crippen LogP contribution in [0.3, 0.4) is 0 Å². The van der Waals surface area contributed by atoms with Crippen LogP contribution in [0.15, 0.2) is 71.5 Å². The van der Waals surface area contributed by atoms with Gasteiger partial charge in [-0.2, -0.15) is 0 Å². The van der Waals surface area contributed by atoms with Gasteiger partial charge in [0.05, 0.1) is 27.6 Å². The van der Waals surface area contributed by atoms with Gasteiger partial charge >= 0.3 is 0 Å². The number of benzene rings is 3. The molecule has 184 valence electrons. The van der Waals surface area contributed by atoms with Crippen LogP contribution in [-0.4, -0.2) is 31.8 Å². The highest BCUT2D eigenvalue weighted by molar-refractivity contribution is 5.95. The van der Waals surface area contributed by atoms with Crippen molar-refractivity contribution in [1.29, 1.82) is 0 Å². The molecule has 4 aromatic rings. The molecular weight excluding hydrogens is 456 g/mol. The number of rotatable bonds is 7. The minimum Gasteiger partial charge on any atom is -0.329 e. The lowest BCUT2D eigenvalue weighted by molar-refractivity contribution is -0.385. The van der Waals surface area contributed by atoms with Crippen molar-refractivity contribution in [1.82, 2.24) is 14.5 Å². The summed E-state index contributed by atoms with van der Waals surface area (Å²) in [5, 5.41) is 12.0. The Morgan fingerprint density at radius 3 is 2.53 bits per heavy atom. The molecule has 0 saturated heterocycles. The van der Waals surface area contributed by atoms with Gasteiger partial charge in [-0.05, 0) is 63.1 Å². The Bertz CT molecular complexity index is 1530. The molecule has 0 N–H and O–H groups in total. The maximum atomic E-state index is 13.7. The molecule has 3 aromatic carbocycles. The fourth-order valence-corrected chi connectivity index (χ4v) is 4.40. The summed E-state index contributed by atoms with van der Waals surface area (Å²) in [5.41, 5.74) is 2.57. The van der Waals surface area contributed by atoms with E-state index in [0.717, 1.165) is 5.56 Å². The molecule has 1 amide bonds. The van der Waals surface area contributed by atoms with Crippen LogP contribution in [0.1, 0.15) is 53.6 Å². The van der Waals surface area contributed by atoms with E-state index in [2.05, 4.69) is 0 Å². The Hall–Kier alpha value is -4.33. The van der Waals surface area contributed by atoms with Crippen LogP contribution in [0.4, 0.5) is 5.69 Å². The zero-order chi connectivity index (χ0) is 26.0. The second-order valence-corrected chi connectivity index (χ2v) is 8.90. The molecule has 36 heavy (non-hydrogen) atoms. The third-order valence-corrected chi connectivity index (χ3v) is 6.28. The Labute approximate surface area is 209 Å². The van der Waals surface area contributed by atoms with Gasteiger partial charge in [0.1, 0.15) is 5.82 Å². The van der Waals surface area contributed by atoms with Gasteiger partial charge in [0.2, 0.25) is 0 Å². The number of nitrogens with zero attached hydrogens (tertiary/aromatic N) is 4. The van der Waals surface area contributed by atoms with E-state index in [-0.39, 0.29) is 22.7 Å². The predicted molar refractivity (Wildman–Crippen MR) is 140 cm³/mol. The number of fused-ring (bicyclic) bond motifs is 1.